The SMILES string of the molecule is CC(C)NC(C)(C#N)CCCSc1ccc(Cl)c(Cl)c1. The summed E-state index contributed by atoms with van der Waals surface area (Å²) in [4.78, 5) is 1.11. The first-order chi connectivity index (χ1) is 9.36. The maximum Gasteiger partial charge on any atom is 0.104 e. The monoisotopic (exact) mass is 330 g/mol. The van der Waals surface area contributed by atoms with Gasteiger partial charge in [-0.05, 0) is 57.6 Å². The summed E-state index contributed by atoms with van der Waals surface area (Å²) < 4.78 is 0. The molecule has 0 saturated carbocycles. The lowest BCUT2D eigenvalue weighted by Gasteiger charge is -2.25. The topological polar surface area (TPSA) is 35.8 Å². The second-order valence-corrected chi connectivity index (χ2v) is 7.25. The van der Waals surface area contributed by atoms with Gasteiger partial charge in [-0.1, -0.05) is 23.2 Å². The Bertz CT molecular complexity index is 485. The second kappa shape index (κ2) is 8.14. The van der Waals surface area contributed by atoms with Gasteiger partial charge in [-0.3, -0.25) is 5.32 Å². The van der Waals surface area contributed by atoms with Gasteiger partial charge in [0.1, 0.15) is 5.54 Å². The molecule has 0 saturated heterocycles. The Labute approximate surface area is 135 Å². The van der Waals surface area contributed by atoms with Gasteiger partial charge in [-0.15, -0.1) is 11.8 Å². The smallest absolute Gasteiger partial charge is 0.104 e. The normalized spacial score (nSPS) is 14.1. The van der Waals surface area contributed by atoms with Crippen molar-refractivity contribution in [1.82, 2.24) is 5.32 Å². The van der Waals surface area contributed by atoms with E-state index in [-0.39, 0.29) is 0 Å². The molecule has 0 radical (unpaired) electrons. The molecule has 1 aromatic carbocycles. The Kier molecular flexibility index (Phi) is 7.19. The number of thioether (sulfide) groups is 1. The van der Waals surface area contributed by atoms with Gasteiger partial charge in [0.15, 0.2) is 0 Å². The molecule has 0 bridgehead atoms. The van der Waals surface area contributed by atoms with Crippen LogP contribution < -0.4 is 5.32 Å². The highest BCUT2D eigenvalue weighted by atomic mass is 35.5. The van der Waals surface area contributed by atoms with Crippen LogP contribution in [0.2, 0.25) is 10.0 Å². The summed E-state index contributed by atoms with van der Waals surface area (Å²) in [7, 11) is 0. The molecule has 1 atom stereocenters. The number of hydrogen-bond acceptors (Lipinski definition) is 3. The van der Waals surface area contributed by atoms with E-state index in [0.29, 0.717) is 16.1 Å². The molecule has 0 aliphatic carbocycles. The van der Waals surface area contributed by atoms with Crippen LogP contribution in [0, 0.1) is 11.3 Å². The number of nitrogens with zero attached hydrogens (tertiary/aromatic N) is 1. The van der Waals surface area contributed by atoms with Crippen LogP contribution in [-0.2, 0) is 0 Å². The van der Waals surface area contributed by atoms with Crippen LogP contribution in [-0.4, -0.2) is 17.3 Å². The van der Waals surface area contributed by atoms with Crippen molar-refractivity contribution in [1.29, 1.82) is 5.26 Å². The Hall–Kier alpha value is -0.400. The highest BCUT2D eigenvalue weighted by molar-refractivity contribution is 7.99. The van der Waals surface area contributed by atoms with Crippen molar-refractivity contribution in [2.45, 2.75) is 50.1 Å². The van der Waals surface area contributed by atoms with Gasteiger partial charge in [-0.25, -0.2) is 0 Å². The minimum atomic E-state index is -0.452. The van der Waals surface area contributed by atoms with E-state index in [1.807, 2.05) is 25.1 Å². The van der Waals surface area contributed by atoms with Gasteiger partial charge in [-0.2, -0.15) is 5.26 Å². The fourth-order valence-corrected chi connectivity index (χ4v) is 3.23. The maximum atomic E-state index is 9.27. The second-order valence-electron chi connectivity index (χ2n) is 5.27. The van der Waals surface area contributed by atoms with Gasteiger partial charge < -0.3 is 0 Å². The Morgan fingerprint density at radius 1 is 1.35 bits per heavy atom. The molecule has 1 rings (SSSR count). The summed E-state index contributed by atoms with van der Waals surface area (Å²) in [6.07, 6.45) is 1.80. The molecule has 0 heterocycles. The molecule has 2 nitrogen and oxygen atoms in total. The van der Waals surface area contributed by atoms with E-state index in [4.69, 9.17) is 23.2 Å². The third-order valence-corrected chi connectivity index (χ3v) is 4.65. The molecule has 110 valence electrons. The third-order valence-electron chi connectivity index (χ3n) is 2.83. The third kappa shape index (κ3) is 5.93. The first kappa shape index (κ1) is 17.7. The molecule has 0 fully saturated rings. The predicted octanol–water partition coefficient (Wildman–Crippen LogP) is 5.15. The Balaban J connectivity index is 2.41. The molecule has 1 N–H and O–H groups in total. The zero-order valence-electron chi connectivity index (χ0n) is 12.0. The molecular formula is C15H20Cl2N2S. The molecule has 0 spiro atoms. The summed E-state index contributed by atoms with van der Waals surface area (Å²) in [5, 5.41) is 13.7. The highest BCUT2D eigenvalue weighted by Gasteiger charge is 2.23. The highest BCUT2D eigenvalue weighted by Crippen LogP contribution is 2.28. The average Bonchev–Trinajstić information content (AvgIpc) is 2.38. The number of nitrogens with one attached hydrogen (secondary N) is 1. The maximum absolute atomic E-state index is 9.27. The molecule has 0 aliphatic heterocycles. The minimum Gasteiger partial charge on any atom is -0.297 e. The van der Waals surface area contributed by atoms with E-state index in [0.717, 1.165) is 23.5 Å². The van der Waals surface area contributed by atoms with Crippen LogP contribution in [0.25, 0.3) is 0 Å². The van der Waals surface area contributed by atoms with Crippen LogP contribution in [0.3, 0.4) is 0 Å². The van der Waals surface area contributed by atoms with Crippen molar-refractivity contribution in [3.8, 4) is 6.07 Å². The molecule has 20 heavy (non-hydrogen) atoms. The molecule has 0 amide bonds. The number of nitriles is 1. The minimum absolute atomic E-state index is 0.308. The number of rotatable bonds is 7. The standard InChI is InChI=1S/C15H20Cl2N2S/c1-11(2)19-15(3,10-18)7-4-8-20-12-5-6-13(16)14(17)9-12/h5-6,9,11,19H,4,7-8H2,1-3H3. The summed E-state index contributed by atoms with van der Waals surface area (Å²) in [6, 6.07) is 8.33. The quantitative estimate of drug-likeness (QED) is 0.555. The van der Waals surface area contributed by atoms with Crippen molar-refractivity contribution in [3.63, 3.8) is 0 Å². The number of hydrogen-bond donors (Lipinski definition) is 1. The average molecular weight is 331 g/mol. The Morgan fingerprint density at radius 2 is 2.05 bits per heavy atom. The van der Waals surface area contributed by atoms with Crippen LogP contribution in [0.5, 0.6) is 0 Å². The largest absolute Gasteiger partial charge is 0.297 e. The van der Waals surface area contributed by atoms with Gasteiger partial charge >= 0.3 is 0 Å². The van der Waals surface area contributed by atoms with Crippen molar-refractivity contribution in [2.75, 3.05) is 5.75 Å². The van der Waals surface area contributed by atoms with Crippen LogP contribution >= 0.6 is 35.0 Å². The summed E-state index contributed by atoms with van der Waals surface area (Å²) >= 11 is 13.6. The van der Waals surface area contributed by atoms with Crippen molar-refractivity contribution in [3.05, 3.63) is 28.2 Å². The van der Waals surface area contributed by atoms with E-state index >= 15 is 0 Å². The van der Waals surface area contributed by atoms with Crippen LogP contribution in [0.4, 0.5) is 0 Å². The lowest BCUT2D eigenvalue weighted by molar-refractivity contribution is 0.380. The Morgan fingerprint density at radius 3 is 2.60 bits per heavy atom. The summed E-state index contributed by atoms with van der Waals surface area (Å²) in [5.74, 6) is 0.953. The van der Waals surface area contributed by atoms with E-state index in [2.05, 4.69) is 25.2 Å². The number of benzene rings is 1. The van der Waals surface area contributed by atoms with Crippen molar-refractivity contribution < 1.29 is 0 Å². The van der Waals surface area contributed by atoms with Crippen molar-refractivity contribution >= 4 is 35.0 Å². The number of halogens is 2. The molecule has 1 unspecified atom stereocenters. The van der Waals surface area contributed by atoms with Gasteiger partial charge in [0.05, 0.1) is 16.1 Å². The van der Waals surface area contributed by atoms with Crippen LogP contribution in [0.1, 0.15) is 33.6 Å². The van der Waals surface area contributed by atoms with E-state index < -0.39 is 5.54 Å². The molecule has 0 aliphatic rings. The van der Waals surface area contributed by atoms with Gasteiger partial charge in [0, 0.05) is 10.9 Å². The van der Waals surface area contributed by atoms with Gasteiger partial charge in [0.25, 0.3) is 0 Å². The lowest BCUT2D eigenvalue weighted by Crippen LogP contribution is -2.44. The fraction of sp³-hybridized carbons (Fsp3) is 0.533. The summed E-state index contributed by atoms with van der Waals surface area (Å²) in [5.41, 5.74) is -0.452. The zero-order chi connectivity index (χ0) is 15.2. The van der Waals surface area contributed by atoms with Crippen molar-refractivity contribution in [2.24, 2.45) is 0 Å². The fourth-order valence-electron chi connectivity index (χ4n) is 1.98. The summed E-state index contributed by atoms with van der Waals surface area (Å²) in [6.45, 7) is 6.07. The first-order valence-electron chi connectivity index (χ1n) is 6.63. The molecular weight excluding hydrogens is 311 g/mol. The predicted molar refractivity (Wildman–Crippen MR) is 88.7 cm³/mol. The first-order valence-corrected chi connectivity index (χ1v) is 8.37. The molecule has 1 aromatic rings. The van der Waals surface area contributed by atoms with E-state index in [9.17, 15) is 5.26 Å². The van der Waals surface area contributed by atoms with Crippen LogP contribution in [0.15, 0.2) is 23.1 Å². The molecule has 0 aromatic heterocycles. The lowest BCUT2D eigenvalue weighted by atomic mass is 9.97. The van der Waals surface area contributed by atoms with Gasteiger partial charge in [0.2, 0.25) is 0 Å². The van der Waals surface area contributed by atoms with E-state index in [1.165, 1.54) is 0 Å². The van der Waals surface area contributed by atoms with E-state index in [1.54, 1.807) is 11.8 Å². The molecule has 5 heteroatoms. The zero-order valence-corrected chi connectivity index (χ0v) is 14.4.